The Hall–Kier alpha value is -0.650. The standard InChI is InChI=1S/C13H19NO2S2/c1-8-4-5-10(17)6-11(8)13(16)14-9(2)12(7-15)18-3/h4-6,9,12,15,17H,7H2,1-3H3,(H,14,16). The average molecular weight is 285 g/mol. The number of benzene rings is 1. The van der Waals surface area contributed by atoms with Gasteiger partial charge in [-0.05, 0) is 37.8 Å². The van der Waals surface area contributed by atoms with Gasteiger partial charge in [-0.2, -0.15) is 11.8 Å². The lowest BCUT2D eigenvalue weighted by Gasteiger charge is -2.21. The molecule has 0 spiro atoms. The van der Waals surface area contributed by atoms with Crippen molar-refractivity contribution >= 4 is 30.3 Å². The van der Waals surface area contributed by atoms with Gasteiger partial charge in [0, 0.05) is 21.8 Å². The number of aliphatic hydroxyl groups excluding tert-OH is 1. The van der Waals surface area contributed by atoms with Gasteiger partial charge in [0.2, 0.25) is 0 Å². The summed E-state index contributed by atoms with van der Waals surface area (Å²) in [4.78, 5) is 12.9. The number of aliphatic hydroxyl groups is 1. The number of hydrogen-bond acceptors (Lipinski definition) is 4. The summed E-state index contributed by atoms with van der Waals surface area (Å²) in [6.45, 7) is 3.84. The van der Waals surface area contributed by atoms with Crippen LogP contribution in [0.3, 0.4) is 0 Å². The van der Waals surface area contributed by atoms with Gasteiger partial charge in [0.05, 0.1) is 6.61 Å². The van der Waals surface area contributed by atoms with Crippen LogP contribution in [0.5, 0.6) is 0 Å². The first kappa shape index (κ1) is 15.4. The molecule has 1 amide bonds. The van der Waals surface area contributed by atoms with Crippen LogP contribution in [0.15, 0.2) is 23.1 Å². The first-order valence-corrected chi connectivity index (χ1v) is 7.47. The third kappa shape index (κ3) is 3.93. The van der Waals surface area contributed by atoms with E-state index >= 15 is 0 Å². The Morgan fingerprint density at radius 1 is 1.56 bits per heavy atom. The summed E-state index contributed by atoms with van der Waals surface area (Å²) in [6.07, 6.45) is 1.92. The van der Waals surface area contributed by atoms with E-state index in [1.807, 2.05) is 32.2 Å². The quantitative estimate of drug-likeness (QED) is 0.726. The van der Waals surface area contributed by atoms with E-state index in [0.717, 1.165) is 10.5 Å². The van der Waals surface area contributed by atoms with Crippen molar-refractivity contribution in [2.75, 3.05) is 12.9 Å². The van der Waals surface area contributed by atoms with E-state index in [2.05, 4.69) is 17.9 Å². The summed E-state index contributed by atoms with van der Waals surface area (Å²) < 4.78 is 0. The molecule has 2 atom stereocenters. The summed E-state index contributed by atoms with van der Waals surface area (Å²) in [5.41, 5.74) is 1.55. The third-order valence-corrected chi connectivity index (χ3v) is 4.31. The zero-order chi connectivity index (χ0) is 13.7. The highest BCUT2D eigenvalue weighted by Crippen LogP contribution is 2.15. The third-order valence-electron chi connectivity index (χ3n) is 2.86. The fourth-order valence-corrected chi connectivity index (χ4v) is 2.50. The van der Waals surface area contributed by atoms with Crippen LogP contribution in [0, 0.1) is 6.92 Å². The summed E-state index contributed by atoms with van der Waals surface area (Å²) >= 11 is 5.78. The topological polar surface area (TPSA) is 49.3 Å². The second-order valence-electron chi connectivity index (χ2n) is 4.22. The van der Waals surface area contributed by atoms with Crippen molar-refractivity contribution in [2.24, 2.45) is 0 Å². The van der Waals surface area contributed by atoms with Gasteiger partial charge in [0.25, 0.3) is 5.91 Å². The number of rotatable bonds is 5. The summed E-state index contributed by atoms with van der Waals surface area (Å²) in [5, 5.41) is 12.1. The lowest BCUT2D eigenvalue weighted by molar-refractivity contribution is 0.0935. The number of thioether (sulfide) groups is 1. The molecular formula is C13H19NO2S2. The smallest absolute Gasteiger partial charge is 0.251 e. The number of carbonyl (C=O) groups excluding carboxylic acids is 1. The first-order valence-electron chi connectivity index (χ1n) is 5.73. The predicted molar refractivity (Wildman–Crippen MR) is 79.7 cm³/mol. The molecule has 100 valence electrons. The maximum Gasteiger partial charge on any atom is 0.251 e. The first-order chi connectivity index (χ1) is 8.49. The molecule has 2 N–H and O–H groups in total. The van der Waals surface area contributed by atoms with E-state index in [1.165, 1.54) is 0 Å². The van der Waals surface area contributed by atoms with Crippen LogP contribution >= 0.6 is 24.4 Å². The predicted octanol–water partition coefficient (Wildman–Crippen LogP) is 2.13. The molecule has 0 aromatic heterocycles. The molecule has 0 bridgehead atoms. The molecule has 0 radical (unpaired) electrons. The fourth-order valence-electron chi connectivity index (χ4n) is 1.67. The monoisotopic (exact) mass is 285 g/mol. The Labute approximate surface area is 118 Å². The molecule has 0 fully saturated rings. The number of thiol groups is 1. The van der Waals surface area contributed by atoms with Gasteiger partial charge >= 0.3 is 0 Å². The molecule has 1 aromatic rings. The van der Waals surface area contributed by atoms with Crippen molar-refractivity contribution in [2.45, 2.75) is 30.0 Å². The Morgan fingerprint density at radius 2 is 2.22 bits per heavy atom. The van der Waals surface area contributed by atoms with Gasteiger partial charge in [-0.3, -0.25) is 4.79 Å². The zero-order valence-electron chi connectivity index (χ0n) is 10.8. The Kier molecular flexibility index (Phi) is 6.05. The maximum atomic E-state index is 12.1. The van der Waals surface area contributed by atoms with E-state index in [4.69, 9.17) is 0 Å². The van der Waals surface area contributed by atoms with Gasteiger partial charge < -0.3 is 10.4 Å². The number of amides is 1. The number of carbonyl (C=O) groups is 1. The van der Waals surface area contributed by atoms with Gasteiger partial charge in [-0.1, -0.05) is 6.07 Å². The van der Waals surface area contributed by atoms with Crippen molar-refractivity contribution in [3.05, 3.63) is 29.3 Å². The van der Waals surface area contributed by atoms with Crippen LogP contribution in [0.2, 0.25) is 0 Å². The van der Waals surface area contributed by atoms with Crippen molar-refractivity contribution in [1.82, 2.24) is 5.32 Å². The number of aryl methyl sites for hydroxylation is 1. The van der Waals surface area contributed by atoms with Crippen LogP contribution in [0.4, 0.5) is 0 Å². The summed E-state index contributed by atoms with van der Waals surface area (Å²) in [5.74, 6) is -0.122. The van der Waals surface area contributed by atoms with E-state index in [0.29, 0.717) is 5.56 Å². The highest BCUT2D eigenvalue weighted by molar-refractivity contribution is 7.99. The zero-order valence-corrected chi connectivity index (χ0v) is 12.5. The maximum absolute atomic E-state index is 12.1. The van der Waals surface area contributed by atoms with E-state index in [9.17, 15) is 9.90 Å². The average Bonchev–Trinajstić information content (AvgIpc) is 2.33. The van der Waals surface area contributed by atoms with Crippen molar-refractivity contribution in [3.8, 4) is 0 Å². The molecule has 3 nitrogen and oxygen atoms in total. The minimum atomic E-state index is -0.122. The van der Waals surface area contributed by atoms with E-state index in [-0.39, 0.29) is 23.8 Å². The van der Waals surface area contributed by atoms with Crippen molar-refractivity contribution in [1.29, 1.82) is 0 Å². The second kappa shape index (κ2) is 7.07. The number of nitrogens with one attached hydrogen (secondary N) is 1. The lowest BCUT2D eigenvalue weighted by Crippen LogP contribution is -2.41. The summed E-state index contributed by atoms with van der Waals surface area (Å²) in [7, 11) is 0. The molecule has 0 aliphatic heterocycles. The Balaban J connectivity index is 2.79. The molecule has 0 heterocycles. The molecule has 5 heteroatoms. The molecule has 0 aliphatic rings. The minimum Gasteiger partial charge on any atom is -0.395 e. The molecule has 18 heavy (non-hydrogen) atoms. The molecule has 2 unspecified atom stereocenters. The van der Waals surface area contributed by atoms with Gasteiger partial charge in [0.15, 0.2) is 0 Å². The van der Waals surface area contributed by atoms with Crippen LogP contribution in [-0.4, -0.2) is 35.2 Å². The van der Waals surface area contributed by atoms with Crippen LogP contribution in [0.1, 0.15) is 22.8 Å². The molecule has 0 aliphatic carbocycles. The fraction of sp³-hybridized carbons (Fsp3) is 0.462. The van der Waals surface area contributed by atoms with E-state index in [1.54, 1.807) is 17.8 Å². The largest absolute Gasteiger partial charge is 0.395 e. The molecule has 1 rings (SSSR count). The molecule has 1 aromatic carbocycles. The minimum absolute atomic E-state index is 0.00782. The van der Waals surface area contributed by atoms with Crippen LogP contribution in [-0.2, 0) is 0 Å². The molecule has 0 saturated carbocycles. The van der Waals surface area contributed by atoms with Gasteiger partial charge in [0.1, 0.15) is 0 Å². The Morgan fingerprint density at radius 3 is 2.78 bits per heavy atom. The molecular weight excluding hydrogens is 266 g/mol. The number of hydrogen-bond donors (Lipinski definition) is 3. The molecule has 0 saturated heterocycles. The van der Waals surface area contributed by atoms with Crippen molar-refractivity contribution in [3.63, 3.8) is 0 Å². The van der Waals surface area contributed by atoms with Crippen LogP contribution < -0.4 is 5.32 Å². The lowest BCUT2D eigenvalue weighted by atomic mass is 10.1. The van der Waals surface area contributed by atoms with Gasteiger partial charge in [-0.25, -0.2) is 0 Å². The Bertz CT molecular complexity index is 419. The van der Waals surface area contributed by atoms with E-state index < -0.39 is 0 Å². The summed E-state index contributed by atoms with van der Waals surface area (Å²) in [6, 6.07) is 5.41. The highest BCUT2D eigenvalue weighted by atomic mass is 32.2. The van der Waals surface area contributed by atoms with Crippen LogP contribution in [0.25, 0.3) is 0 Å². The normalized spacial score (nSPS) is 14.1. The van der Waals surface area contributed by atoms with Crippen molar-refractivity contribution < 1.29 is 9.90 Å². The highest BCUT2D eigenvalue weighted by Gasteiger charge is 2.19. The SMILES string of the molecule is CSC(CO)C(C)NC(=O)c1cc(S)ccc1C. The second-order valence-corrected chi connectivity index (χ2v) is 5.81. The van der Waals surface area contributed by atoms with Gasteiger partial charge in [-0.15, -0.1) is 12.6 Å².